The molecule has 34 heavy (non-hydrogen) atoms. The fourth-order valence-electron chi connectivity index (χ4n) is 3.78. The van der Waals surface area contributed by atoms with Crippen molar-refractivity contribution in [3.05, 3.63) is 131 Å². The van der Waals surface area contributed by atoms with Crippen molar-refractivity contribution in [2.24, 2.45) is 5.16 Å². The molecule has 2 N–H and O–H groups in total. The summed E-state index contributed by atoms with van der Waals surface area (Å²) in [6.07, 6.45) is 1.44. The maximum absolute atomic E-state index is 12.3. The number of carbonyl (C=O) groups is 1. The fourth-order valence-corrected chi connectivity index (χ4v) is 4.53. The van der Waals surface area contributed by atoms with Crippen LogP contribution in [0.1, 0.15) is 22.4 Å². The van der Waals surface area contributed by atoms with Crippen LogP contribution in [0, 0.1) is 0 Å². The van der Waals surface area contributed by atoms with Gasteiger partial charge in [-0.05, 0) is 16.7 Å². The minimum Gasteiger partial charge on any atom is -0.457 e. The summed E-state index contributed by atoms with van der Waals surface area (Å²) in [4.78, 5) is 16.8. The molecule has 0 unspecified atom stereocenters. The number of thiazole rings is 1. The van der Waals surface area contributed by atoms with Crippen LogP contribution in [0.5, 0.6) is 0 Å². The van der Waals surface area contributed by atoms with Crippen LogP contribution in [-0.4, -0.2) is 28.5 Å². The zero-order valence-corrected chi connectivity index (χ0v) is 19.1. The second-order valence-corrected chi connectivity index (χ2v) is 8.20. The van der Waals surface area contributed by atoms with Crippen LogP contribution in [0.4, 0.5) is 5.13 Å². The SMILES string of the molecule is C=CCOC(=O)C(=NO)c1csc(NC(c2ccccc2)(c2ccccc2)c2ccccc2)n1. The molecule has 4 aromatic rings. The third kappa shape index (κ3) is 4.60. The van der Waals surface area contributed by atoms with Gasteiger partial charge in [-0.15, -0.1) is 11.3 Å². The van der Waals surface area contributed by atoms with Gasteiger partial charge in [-0.2, -0.15) is 0 Å². The molecule has 170 valence electrons. The molecule has 0 aliphatic carbocycles. The molecule has 0 bridgehead atoms. The minimum atomic E-state index is -0.778. The van der Waals surface area contributed by atoms with E-state index in [2.05, 4.69) is 58.4 Å². The summed E-state index contributed by atoms with van der Waals surface area (Å²) in [5.74, 6) is -0.778. The minimum absolute atomic E-state index is 0.00618. The molecule has 1 heterocycles. The molecule has 0 fully saturated rings. The van der Waals surface area contributed by atoms with Gasteiger partial charge in [-0.25, -0.2) is 9.78 Å². The first kappa shape index (κ1) is 22.9. The van der Waals surface area contributed by atoms with E-state index in [1.807, 2.05) is 54.6 Å². The Morgan fingerprint density at radius 3 is 1.91 bits per heavy atom. The molecule has 0 saturated carbocycles. The third-order valence-electron chi connectivity index (χ3n) is 5.29. The predicted octanol–water partition coefficient (Wildman–Crippen LogP) is 5.45. The van der Waals surface area contributed by atoms with Crippen molar-refractivity contribution in [3.8, 4) is 0 Å². The molecule has 0 amide bonds. The highest BCUT2D eigenvalue weighted by molar-refractivity contribution is 7.14. The van der Waals surface area contributed by atoms with Crippen LogP contribution >= 0.6 is 11.3 Å². The number of benzene rings is 3. The summed E-state index contributed by atoms with van der Waals surface area (Å²) in [6, 6.07) is 30.3. The number of hydrogen-bond acceptors (Lipinski definition) is 7. The van der Waals surface area contributed by atoms with Crippen molar-refractivity contribution in [1.29, 1.82) is 0 Å². The average molecular weight is 470 g/mol. The van der Waals surface area contributed by atoms with Crippen LogP contribution in [0.3, 0.4) is 0 Å². The standard InChI is InChI=1S/C27H23N3O3S/c1-2-18-33-25(31)24(30-32)23-19-34-26(28-23)29-27(20-12-6-3-7-13-20,21-14-8-4-9-15-21)22-16-10-5-11-17-22/h2-17,19,32H,1,18H2,(H,28,29). The Balaban J connectivity index is 1.82. The summed E-state index contributed by atoms with van der Waals surface area (Å²) >= 11 is 1.30. The zero-order valence-electron chi connectivity index (χ0n) is 18.3. The predicted molar refractivity (Wildman–Crippen MR) is 134 cm³/mol. The lowest BCUT2D eigenvalue weighted by atomic mass is 9.77. The molecule has 0 spiro atoms. The molecule has 4 rings (SSSR count). The lowest BCUT2D eigenvalue weighted by Crippen LogP contribution is -2.38. The summed E-state index contributed by atoms with van der Waals surface area (Å²) in [5, 5.41) is 18.4. The number of carbonyl (C=O) groups excluding carboxylic acids is 1. The number of esters is 1. The van der Waals surface area contributed by atoms with Crippen molar-refractivity contribution in [1.82, 2.24) is 4.98 Å². The van der Waals surface area contributed by atoms with Gasteiger partial charge < -0.3 is 15.3 Å². The smallest absolute Gasteiger partial charge is 0.363 e. The number of anilines is 1. The van der Waals surface area contributed by atoms with E-state index in [0.717, 1.165) is 16.7 Å². The molecular weight excluding hydrogens is 446 g/mol. The molecular formula is C27H23N3O3S. The van der Waals surface area contributed by atoms with Crippen LogP contribution in [0.2, 0.25) is 0 Å². The van der Waals surface area contributed by atoms with Crippen molar-refractivity contribution in [3.63, 3.8) is 0 Å². The molecule has 6 nitrogen and oxygen atoms in total. The Bertz CT molecular complexity index is 1180. The van der Waals surface area contributed by atoms with E-state index in [-0.39, 0.29) is 18.0 Å². The first-order valence-corrected chi connectivity index (χ1v) is 11.5. The maximum atomic E-state index is 12.3. The average Bonchev–Trinajstić information content (AvgIpc) is 3.36. The Kier molecular flexibility index (Phi) is 7.15. The Morgan fingerprint density at radius 2 is 1.47 bits per heavy atom. The number of ether oxygens (including phenoxy) is 1. The van der Waals surface area contributed by atoms with Gasteiger partial charge in [0.1, 0.15) is 17.8 Å². The van der Waals surface area contributed by atoms with Crippen LogP contribution in [-0.2, 0) is 15.1 Å². The van der Waals surface area contributed by atoms with E-state index in [1.54, 1.807) is 5.38 Å². The number of hydrogen-bond donors (Lipinski definition) is 2. The monoisotopic (exact) mass is 469 g/mol. The van der Waals surface area contributed by atoms with E-state index in [4.69, 9.17) is 4.74 Å². The molecule has 7 heteroatoms. The van der Waals surface area contributed by atoms with Crippen LogP contribution in [0.15, 0.2) is 114 Å². The first-order chi connectivity index (χ1) is 16.7. The van der Waals surface area contributed by atoms with Gasteiger partial charge in [0.25, 0.3) is 0 Å². The van der Waals surface area contributed by atoms with E-state index >= 15 is 0 Å². The molecule has 0 saturated heterocycles. The molecule has 0 atom stereocenters. The molecule has 0 aliphatic rings. The highest BCUT2D eigenvalue weighted by atomic mass is 32.1. The van der Waals surface area contributed by atoms with E-state index in [9.17, 15) is 10.0 Å². The third-order valence-corrected chi connectivity index (χ3v) is 6.04. The van der Waals surface area contributed by atoms with Crippen molar-refractivity contribution >= 4 is 28.1 Å². The lowest BCUT2D eigenvalue weighted by Gasteiger charge is -2.36. The fraction of sp³-hybridized carbons (Fsp3) is 0.0741. The zero-order chi connectivity index (χ0) is 23.8. The van der Waals surface area contributed by atoms with E-state index in [1.165, 1.54) is 17.4 Å². The molecule has 0 radical (unpaired) electrons. The highest BCUT2D eigenvalue weighted by Gasteiger charge is 2.37. The summed E-state index contributed by atoms with van der Waals surface area (Å²) in [5.41, 5.74) is 2.24. The number of nitrogens with one attached hydrogen (secondary N) is 1. The van der Waals surface area contributed by atoms with Gasteiger partial charge in [0.05, 0.1) is 0 Å². The van der Waals surface area contributed by atoms with E-state index < -0.39 is 11.5 Å². The van der Waals surface area contributed by atoms with Gasteiger partial charge in [0, 0.05) is 5.38 Å². The summed E-state index contributed by atoms with van der Waals surface area (Å²) < 4.78 is 5.01. The van der Waals surface area contributed by atoms with Crippen LogP contribution < -0.4 is 5.32 Å². The summed E-state index contributed by atoms with van der Waals surface area (Å²) in [7, 11) is 0. The number of nitrogens with zero attached hydrogens (tertiary/aromatic N) is 2. The Hall–Kier alpha value is -4.23. The van der Waals surface area contributed by atoms with Crippen LogP contribution in [0.25, 0.3) is 0 Å². The normalized spacial score (nSPS) is 11.6. The van der Waals surface area contributed by atoms with Gasteiger partial charge in [0.15, 0.2) is 5.13 Å². The van der Waals surface area contributed by atoms with Crippen molar-refractivity contribution in [2.45, 2.75) is 5.54 Å². The highest BCUT2D eigenvalue weighted by Crippen LogP contribution is 2.40. The van der Waals surface area contributed by atoms with Gasteiger partial charge >= 0.3 is 5.97 Å². The van der Waals surface area contributed by atoms with E-state index in [0.29, 0.717) is 5.13 Å². The molecule has 1 aromatic heterocycles. The largest absolute Gasteiger partial charge is 0.457 e. The Morgan fingerprint density at radius 1 is 0.971 bits per heavy atom. The molecule has 0 aliphatic heterocycles. The number of aromatic nitrogens is 1. The topological polar surface area (TPSA) is 83.8 Å². The van der Waals surface area contributed by atoms with Gasteiger partial charge in [-0.3, -0.25) is 0 Å². The quantitative estimate of drug-likeness (QED) is 0.0850. The summed E-state index contributed by atoms with van der Waals surface area (Å²) in [6.45, 7) is 3.52. The Labute approximate surface area is 201 Å². The second-order valence-electron chi connectivity index (χ2n) is 7.35. The van der Waals surface area contributed by atoms with Crippen molar-refractivity contribution in [2.75, 3.05) is 11.9 Å². The van der Waals surface area contributed by atoms with Gasteiger partial charge in [-0.1, -0.05) is 109 Å². The maximum Gasteiger partial charge on any atom is 0.363 e. The number of oxime groups is 1. The lowest BCUT2D eigenvalue weighted by molar-refractivity contribution is -0.134. The molecule has 3 aromatic carbocycles. The number of rotatable bonds is 9. The first-order valence-electron chi connectivity index (χ1n) is 10.6. The van der Waals surface area contributed by atoms with Gasteiger partial charge in [0.2, 0.25) is 5.71 Å². The second kappa shape index (κ2) is 10.6. The van der Waals surface area contributed by atoms with Crippen molar-refractivity contribution < 1.29 is 14.7 Å².